The molecule has 0 saturated carbocycles. The molecule has 1 N–H and O–H groups in total. The maximum absolute atomic E-state index is 13.7. The monoisotopic (exact) mass is 423 g/mol. The third-order valence-electron chi connectivity index (χ3n) is 4.97. The Balaban J connectivity index is 1.56. The van der Waals surface area contributed by atoms with Crippen molar-refractivity contribution in [2.45, 2.75) is 18.7 Å². The first kappa shape index (κ1) is 21.4. The Hall–Kier alpha value is -2.36. The molecule has 1 heterocycles. The van der Waals surface area contributed by atoms with Crippen molar-refractivity contribution in [1.29, 1.82) is 0 Å². The molecule has 0 bridgehead atoms. The summed E-state index contributed by atoms with van der Waals surface area (Å²) < 4.78 is 53.7. The van der Waals surface area contributed by atoms with E-state index >= 15 is 0 Å². The van der Waals surface area contributed by atoms with Gasteiger partial charge in [-0.3, -0.25) is 9.69 Å². The third kappa shape index (κ3) is 5.37. The van der Waals surface area contributed by atoms with Gasteiger partial charge in [-0.1, -0.05) is 30.3 Å². The fourth-order valence-electron chi connectivity index (χ4n) is 3.24. The van der Waals surface area contributed by atoms with Crippen molar-refractivity contribution >= 4 is 21.6 Å². The molecule has 0 unspecified atom stereocenters. The van der Waals surface area contributed by atoms with Gasteiger partial charge < -0.3 is 5.32 Å². The maximum Gasteiger partial charge on any atom is 0.241 e. The lowest BCUT2D eigenvalue weighted by molar-refractivity contribution is -0.121. The molecule has 1 fully saturated rings. The lowest BCUT2D eigenvalue weighted by Gasteiger charge is -2.36. The predicted molar refractivity (Wildman–Crippen MR) is 107 cm³/mol. The van der Waals surface area contributed by atoms with Crippen LogP contribution in [-0.4, -0.2) is 55.8 Å². The lowest BCUT2D eigenvalue weighted by Crippen LogP contribution is -2.54. The summed E-state index contributed by atoms with van der Waals surface area (Å²) in [6.07, 6.45) is 0. The molecule has 0 aliphatic carbocycles. The normalized spacial score (nSPS) is 17.1. The number of nitrogens with zero attached hydrogens (tertiary/aromatic N) is 2. The quantitative estimate of drug-likeness (QED) is 0.775. The molecule has 3 rings (SSSR count). The number of sulfonamides is 1. The minimum absolute atomic E-state index is 0.0667. The number of halogens is 2. The van der Waals surface area contributed by atoms with E-state index in [4.69, 9.17) is 0 Å². The standard InChI is InChI=1S/C20H23F2N3O3S/c1-15(20(26)23-19-13-17(21)7-8-18(19)22)24-9-11-25(12-10-24)29(27,28)14-16-5-3-2-4-6-16/h2-8,13,15H,9-12,14H2,1H3,(H,23,26)/t15-/m1/s1. The van der Waals surface area contributed by atoms with Crippen LogP contribution in [0.2, 0.25) is 0 Å². The minimum Gasteiger partial charge on any atom is -0.322 e. The van der Waals surface area contributed by atoms with Crippen LogP contribution in [-0.2, 0) is 20.6 Å². The topological polar surface area (TPSA) is 69.7 Å². The Morgan fingerprint density at radius 3 is 2.38 bits per heavy atom. The highest BCUT2D eigenvalue weighted by atomic mass is 32.2. The van der Waals surface area contributed by atoms with Crippen LogP contribution in [0.1, 0.15) is 12.5 Å². The summed E-state index contributed by atoms with van der Waals surface area (Å²) in [4.78, 5) is 14.2. The summed E-state index contributed by atoms with van der Waals surface area (Å²) in [6, 6.07) is 11.2. The molecule has 0 spiro atoms. The minimum atomic E-state index is -3.45. The van der Waals surface area contributed by atoms with Gasteiger partial charge in [0.2, 0.25) is 15.9 Å². The zero-order valence-electron chi connectivity index (χ0n) is 16.0. The third-order valence-corrected chi connectivity index (χ3v) is 6.82. The summed E-state index contributed by atoms with van der Waals surface area (Å²) in [5, 5.41) is 2.39. The number of anilines is 1. The molecule has 0 radical (unpaired) electrons. The van der Waals surface area contributed by atoms with Gasteiger partial charge in [0.25, 0.3) is 0 Å². The molecule has 1 amide bonds. The van der Waals surface area contributed by atoms with E-state index in [0.717, 1.165) is 23.8 Å². The smallest absolute Gasteiger partial charge is 0.241 e. The second-order valence-electron chi connectivity index (χ2n) is 6.97. The fourth-order valence-corrected chi connectivity index (χ4v) is 4.76. The largest absolute Gasteiger partial charge is 0.322 e. The zero-order valence-corrected chi connectivity index (χ0v) is 16.8. The van der Waals surface area contributed by atoms with Crippen LogP contribution in [0.5, 0.6) is 0 Å². The van der Waals surface area contributed by atoms with E-state index in [-0.39, 0.29) is 24.5 Å². The van der Waals surface area contributed by atoms with E-state index in [0.29, 0.717) is 13.1 Å². The number of nitrogens with one attached hydrogen (secondary N) is 1. The van der Waals surface area contributed by atoms with Gasteiger partial charge in [-0.25, -0.2) is 17.2 Å². The first-order valence-corrected chi connectivity index (χ1v) is 10.9. The Labute approximate surface area is 169 Å². The molecule has 1 saturated heterocycles. The first-order valence-electron chi connectivity index (χ1n) is 9.28. The van der Waals surface area contributed by atoms with Crippen LogP contribution in [0.25, 0.3) is 0 Å². The van der Waals surface area contributed by atoms with Crippen LogP contribution in [0, 0.1) is 11.6 Å². The summed E-state index contributed by atoms with van der Waals surface area (Å²) in [7, 11) is -3.45. The van der Waals surface area contributed by atoms with Gasteiger partial charge in [-0.2, -0.15) is 4.31 Å². The summed E-state index contributed by atoms with van der Waals surface area (Å²) in [5.74, 6) is -1.91. The molecule has 1 aliphatic heterocycles. The van der Waals surface area contributed by atoms with Gasteiger partial charge in [0, 0.05) is 32.2 Å². The number of amides is 1. The van der Waals surface area contributed by atoms with Gasteiger partial charge >= 0.3 is 0 Å². The van der Waals surface area contributed by atoms with E-state index in [1.54, 1.807) is 31.2 Å². The number of rotatable bonds is 6. The SMILES string of the molecule is C[C@H](C(=O)Nc1cc(F)ccc1F)N1CCN(S(=O)(=O)Cc2ccccc2)CC1. The molecule has 0 aromatic heterocycles. The van der Waals surface area contributed by atoms with Crippen LogP contribution in [0.15, 0.2) is 48.5 Å². The van der Waals surface area contributed by atoms with E-state index in [2.05, 4.69) is 5.32 Å². The lowest BCUT2D eigenvalue weighted by atomic mass is 10.2. The highest BCUT2D eigenvalue weighted by molar-refractivity contribution is 7.88. The number of hydrogen-bond donors (Lipinski definition) is 1. The van der Waals surface area contributed by atoms with Crippen molar-refractivity contribution in [3.05, 3.63) is 65.7 Å². The molecule has 2 aromatic rings. The Morgan fingerprint density at radius 2 is 1.72 bits per heavy atom. The van der Waals surface area contributed by atoms with Crippen LogP contribution >= 0.6 is 0 Å². The molecule has 6 nitrogen and oxygen atoms in total. The molecule has 2 aromatic carbocycles. The molecule has 1 aliphatic rings. The molecule has 29 heavy (non-hydrogen) atoms. The maximum atomic E-state index is 13.7. The summed E-state index contributed by atoms with van der Waals surface area (Å²) in [5.41, 5.74) is 0.505. The number of piperazine rings is 1. The molecular weight excluding hydrogens is 400 g/mol. The zero-order chi connectivity index (χ0) is 21.0. The number of benzene rings is 2. The molecule has 156 valence electrons. The van der Waals surface area contributed by atoms with Crippen molar-refractivity contribution in [3.63, 3.8) is 0 Å². The van der Waals surface area contributed by atoms with E-state index in [1.807, 2.05) is 11.0 Å². The molecule has 1 atom stereocenters. The van der Waals surface area contributed by atoms with Crippen molar-refractivity contribution in [2.24, 2.45) is 0 Å². The second kappa shape index (κ2) is 8.98. The van der Waals surface area contributed by atoms with Gasteiger partial charge in [-0.05, 0) is 24.6 Å². The van der Waals surface area contributed by atoms with E-state index < -0.39 is 33.6 Å². The average molecular weight is 423 g/mol. The van der Waals surface area contributed by atoms with Crippen molar-refractivity contribution in [1.82, 2.24) is 9.21 Å². The predicted octanol–water partition coefficient (Wildman–Crippen LogP) is 2.44. The van der Waals surface area contributed by atoms with E-state index in [9.17, 15) is 22.0 Å². The first-order chi connectivity index (χ1) is 13.8. The number of hydrogen-bond acceptors (Lipinski definition) is 4. The van der Waals surface area contributed by atoms with E-state index in [1.165, 1.54) is 4.31 Å². The van der Waals surface area contributed by atoms with Crippen LogP contribution in [0.4, 0.5) is 14.5 Å². The highest BCUT2D eigenvalue weighted by Crippen LogP contribution is 2.18. The summed E-state index contributed by atoms with van der Waals surface area (Å²) >= 11 is 0. The van der Waals surface area contributed by atoms with Gasteiger partial charge in [0.1, 0.15) is 11.6 Å². The van der Waals surface area contributed by atoms with Crippen LogP contribution < -0.4 is 5.32 Å². The Kier molecular flexibility index (Phi) is 6.61. The van der Waals surface area contributed by atoms with Gasteiger partial charge in [0.15, 0.2) is 0 Å². The molecule has 9 heteroatoms. The number of carbonyl (C=O) groups is 1. The second-order valence-corrected chi connectivity index (χ2v) is 8.94. The average Bonchev–Trinajstić information content (AvgIpc) is 2.70. The van der Waals surface area contributed by atoms with Crippen molar-refractivity contribution in [3.8, 4) is 0 Å². The Morgan fingerprint density at radius 1 is 1.07 bits per heavy atom. The van der Waals surface area contributed by atoms with Gasteiger partial charge in [0.05, 0.1) is 17.5 Å². The van der Waals surface area contributed by atoms with Crippen LogP contribution in [0.3, 0.4) is 0 Å². The number of carbonyl (C=O) groups excluding carboxylic acids is 1. The molecular formula is C20H23F2N3O3S. The fraction of sp³-hybridized carbons (Fsp3) is 0.350. The summed E-state index contributed by atoms with van der Waals surface area (Å²) in [6.45, 7) is 2.92. The highest BCUT2D eigenvalue weighted by Gasteiger charge is 2.31. The van der Waals surface area contributed by atoms with Crippen molar-refractivity contribution in [2.75, 3.05) is 31.5 Å². The van der Waals surface area contributed by atoms with Gasteiger partial charge in [-0.15, -0.1) is 0 Å². The Bertz CT molecular complexity index is 962. The van der Waals surface area contributed by atoms with Crippen molar-refractivity contribution < 1.29 is 22.0 Å².